The lowest BCUT2D eigenvalue weighted by Crippen LogP contribution is -2.23. The number of rotatable bonds is 11. The molecule has 2 rings (SSSR count). The number of amides is 1. The molecule has 6 nitrogen and oxygen atoms in total. The van der Waals surface area contributed by atoms with Crippen molar-refractivity contribution in [2.24, 2.45) is 10.1 Å². The molecule has 156 valence electrons. The van der Waals surface area contributed by atoms with E-state index in [1.165, 1.54) is 50.3 Å². The third kappa shape index (κ3) is 7.85. The Labute approximate surface area is 177 Å². The van der Waals surface area contributed by atoms with Crippen molar-refractivity contribution in [1.82, 2.24) is 5.01 Å². The standard InChI is InChI=1S/C22H29N3O3S/c1-3-4-5-6-7-8-9-13-16-23-25-21(27)19(17-20(26)28-2)29-22(25)24-18-14-11-10-12-15-18/h10-12,14-17H,3-9,13H2,1-2H3/b19-17-,23-16+,24-22?. The van der Waals surface area contributed by atoms with Gasteiger partial charge in [0.2, 0.25) is 0 Å². The largest absolute Gasteiger partial charge is 0.466 e. The van der Waals surface area contributed by atoms with Gasteiger partial charge in [-0.3, -0.25) is 4.79 Å². The van der Waals surface area contributed by atoms with Crippen LogP contribution in [0.2, 0.25) is 0 Å². The molecular formula is C22H29N3O3S. The molecule has 1 aliphatic heterocycles. The molecule has 0 saturated carbocycles. The normalized spacial score (nSPS) is 17.0. The predicted octanol–water partition coefficient (Wildman–Crippen LogP) is 5.43. The molecule has 0 radical (unpaired) electrons. The van der Waals surface area contributed by atoms with Gasteiger partial charge in [0.15, 0.2) is 5.17 Å². The number of unbranched alkanes of at least 4 members (excludes halogenated alkanes) is 7. The van der Waals surface area contributed by atoms with Gasteiger partial charge in [-0.25, -0.2) is 9.79 Å². The predicted molar refractivity (Wildman–Crippen MR) is 119 cm³/mol. The zero-order chi connectivity index (χ0) is 20.9. The maximum Gasteiger partial charge on any atom is 0.331 e. The molecule has 0 aliphatic carbocycles. The van der Waals surface area contributed by atoms with Crippen LogP contribution in [-0.4, -0.2) is 35.4 Å². The Hall–Kier alpha value is -2.41. The van der Waals surface area contributed by atoms with Gasteiger partial charge in [-0.05, 0) is 36.7 Å². The van der Waals surface area contributed by atoms with Gasteiger partial charge in [-0.1, -0.05) is 63.6 Å². The number of hydrazone groups is 1. The summed E-state index contributed by atoms with van der Waals surface area (Å²) in [5.74, 6) is -0.945. The Kier molecular flexibility index (Phi) is 10.2. The van der Waals surface area contributed by atoms with Crippen molar-refractivity contribution in [2.75, 3.05) is 7.11 Å². The topological polar surface area (TPSA) is 71.3 Å². The Morgan fingerprint density at radius 2 is 1.79 bits per heavy atom. The molecule has 1 aliphatic rings. The van der Waals surface area contributed by atoms with Gasteiger partial charge in [-0.2, -0.15) is 10.1 Å². The van der Waals surface area contributed by atoms with E-state index in [1.807, 2.05) is 30.3 Å². The summed E-state index contributed by atoms with van der Waals surface area (Å²) in [6.45, 7) is 2.22. The maximum atomic E-state index is 12.7. The van der Waals surface area contributed by atoms with Gasteiger partial charge in [0.25, 0.3) is 5.91 Å². The molecule has 1 aromatic rings. The fourth-order valence-corrected chi connectivity index (χ4v) is 3.64. The van der Waals surface area contributed by atoms with Crippen LogP contribution < -0.4 is 0 Å². The zero-order valence-corrected chi connectivity index (χ0v) is 18.0. The van der Waals surface area contributed by atoms with Crippen molar-refractivity contribution in [3.63, 3.8) is 0 Å². The first-order chi connectivity index (χ1) is 14.2. The summed E-state index contributed by atoms with van der Waals surface area (Å²) in [6.07, 6.45) is 12.3. The molecule has 0 N–H and O–H groups in total. The first-order valence-corrected chi connectivity index (χ1v) is 11.0. The second kappa shape index (κ2) is 12.9. The summed E-state index contributed by atoms with van der Waals surface area (Å²) >= 11 is 1.12. The van der Waals surface area contributed by atoms with Crippen molar-refractivity contribution < 1.29 is 14.3 Å². The van der Waals surface area contributed by atoms with Crippen molar-refractivity contribution >= 4 is 40.7 Å². The van der Waals surface area contributed by atoms with Crippen LogP contribution in [0.1, 0.15) is 58.3 Å². The van der Waals surface area contributed by atoms with E-state index in [-0.39, 0.29) is 10.8 Å². The number of thioether (sulfide) groups is 1. The number of methoxy groups -OCH3 is 1. The summed E-state index contributed by atoms with van der Waals surface area (Å²) < 4.78 is 4.63. The Morgan fingerprint density at radius 3 is 2.48 bits per heavy atom. The maximum absolute atomic E-state index is 12.7. The smallest absolute Gasteiger partial charge is 0.331 e. The average molecular weight is 416 g/mol. The second-order valence-electron chi connectivity index (χ2n) is 6.69. The van der Waals surface area contributed by atoms with Crippen LogP contribution in [0.5, 0.6) is 0 Å². The van der Waals surface area contributed by atoms with Crippen molar-refractivity contribution in [3.8, 4) is 0 Å². The monoisotopic (exact) mass is 415 g/mol. The minimum absolute atomic E-state index is 0.250. The number of carbonyl (C=O) groups is 2. The summed E-state index contributed by atoms with van der Waals surface area (Å²) in [5.41, 5.74) is 0.717. The fourth-order valence-electron chi connectivity index (χ4n) is 2.75. The van der Waals surface area contributed by atoms with E-state index in [2.05, 4.69) is 21.8 Å². The lowest BCUT2D eigenvalue weighted by atomic mass is 10.1. The van der Waals surface area contributed by atoms with E-state index in [1.54, 1.807) is 6.21 Å². The number of nitrogens with zero attached hydrogens (tertiary/aromatic N) is 3. The number of hydrogen-bond donors (Lipinski definition) is 0. The molecule has 0 aromatic heterocycles. The van der Waals surface area contributed by atoms with Crippen LogP contribution in [0, 0.1) is 0 Å². The number of para-hydroxylation sites is 1. The van der Waals surface area contributed by atoms with Crippen LogP contribution in [0.25, 0.3) is 0 Å². The molecule has 1 heterocycles. The highest BCUT2D eigenvalue weighted by molar-refractivity contribution is 8.18. The van der Waals surface area contributed by atoms with Gasteiger partial charge in [0, 0.05) is 12.3 Å². The minimum Gasteiger partial charge on any atom is -0.466 e. The van der Waals surface area contributed by atoms with Crippen LogP contribution in [0.3, 0.4) is 0 Å². The number of carbonyl (C=O) groups excluding carboxylic acids is 2. The van der Waals surface area contributed by atoms with Gasteiger partial charge in [0.1, 0.15) is 0 Å². The van der Waals surface area contributed by atoms with Crippen molar-refractivity contribution in [1.29, 1.82) is 0 Å². The van der Waals surface area contributed by atoms with Crippen molar-refractivity contribution in [3.05, 3.63) is 41.3 Å². The Bertz CT molecular complexity index is 760. The zero-order valence-electron chi connectivity index (χ0n) is 17.2. The molecule has 29 heavy (non-hydrogen) atoms. The first-order valence-electron chi connectivity index (χ1n) is 10.1. The molecule has 1 fully saturated rings. The van der Waals surface area contributed by atoms with Crippen LogP contribution in [0.15, 0.2) is 51.4 Å². The highest BCUT2D eigenvalue weighted by atomic mass is 32.2. The fraction of sp³-hybridized carbons (Fsp3) is 0.455. The lowest BCUT2D eigenvalue weighted by molar-refractivity contribution is -0.135. The van der Waals surface area contributed by atoms with E-state index < -0.39 is 5.97 Å². The summed E-state index contributed by atoms with van der Waals surface area (Å²) in [4.78, 5) is 29.0. The first kappa shape index (κ1) is 22.9. The highest BCUT2D eigenvalue weighted by Gasteiger charge is 2.34. The average Bonchev–Trinajstić information content (AvgIpc) is 3.01. The third-order valence-corrected chi connectivity index (χ3v) is 5.31. The molecule has 1 amide bonds. The van der Waals surface area contributed by atoms with Gasteiger partial charge < -0.3 is 4.74 Å². The SMILES string of the molecule is CCCCCCCCC/C=N/N1C(=O)/C(=C/C(=O)OC)SC1=Nc1ccccc1. The molecule has 0 spiro atoms. The summed E-state index contributed by atoms with van der Waals surface area (Å²) in [7, 11) is 1.28. The summed E-state index contributed by atoms with van der Waals surface area (Å²) in [6, 6.07) is 9.35. The number of esters is 1. The summed E-state index contributed by atoms with van der Waals surface area (Å²) in [5, 5.41) is 6.01. The molecule has 1 aromatic carbocycles. The molecule has 0 bridgehead atoms. The van der Waals surface area contributed by atoms with Crippen molar-refractivity contribution in [2.45, 2.75) is 58.3 Å². The Morgan fingerprint density at radius 1 is 1.10 bits per heavy atom. The van der Waals surface area contributed by atoms with E-state index >= 15 is 0 Å². The van der Waals surface area contributed by atoms with E-state index in [9.17, 15) is 9.59 Å². The van der Waals surface area contributed by atoms with Gasteiger partial charge in [0.05, 0.1) is 17.7 Å². The molecular weight excluding hydrogens is 386 g/mol. The number of hydrogen-bond acceptors (Lipinski definition) is 6. The number of amidine groups is 1. The lowest BCUT2D eigenvalue weighted by Gasteiger charge is -2.08. The quantitative estimate of drug-likeness (QED) is 0.209. The van der Waals surface area contributed by atoms with Crippen LogP contribution >= 0.6 is 11.8 Å². The van der Waals surface area contributed by atoms with E-state index in [4.69, 9.17) is 0 Å². The number of ether oxygens (including phenoxy) is 1. The molecule has 1 saturated heterocycles. The third-order valence-electron chi connectivity index (χ3n) is 4.35. The molecule has 0 unspecified atom stereocenters. The van der Waals surface area contributed by atoms with Crippen LogP contribution in [-0.2, 0) is 14.3 Å². The highest BCUT2D eigenvalue weighted by Crippen LogP contribution is 2.33. The van der Waals surface area contributed by atoms with E-state index in [0.29, 0.717) is 5.17 Å². The van der Waals surface area contributed by atoms with Gasteiger partial charge in [-0.15, -0.1) is 0 Å². The number of benzene rings is 1. The van der Waals surface area contributed by atoms with Crippen LogP contribution in [0.4, 0.5) is 5.69 Å². The minimum atomic E-state index is -0.575. The second-order valence-corrected chi connectivity index (χ2v) is 7.70. The molecule has 0 atom stereocenters. The number of aliphatic imine (C=N–C) groups is 1. The Balaban J connectivity index is 1.99. The van der Waals surface area contributed by atoms with Gasteiger partial charge >= 0.3 is 5.97 Å². The molecule has 7 heteroatoms. The van der Waals surface area contributed by atoms with E-state index in [0.717, 1.165) is 36.7 Å².